The van der Waals surface area contributed by atoms with E-state index in [1.807, 2.05) is 20.8 Å². The molecule has 0 aliphatic carbocycles. The Morgan fingerprint density at radius 3 is 2.11 bits per heavy atom. The predicted octanol–water partition coefficient (Wildman–Crippen LogP) is 3.81. The molecule has 0 heterocycles. The first-order valence-electron chi connectivity index (χ1n) is 8.37. The number of nitrogens with one attached hydrogen (secondary N) is 3. The highest BCUT2D eigenvalue weighted by atomic mass is 32.1. The van der Waals surface area contributed by atoms with E-state index in [9.17, 15) is 9.59 Å². The second-order valence-electron chi connectivity index (χ2n) is 6.92. The zero-order valence-electron chi connectivity index (χ0n) is 15.8. The Labute approximate surface area is 164 Å². The average molecular weight is 385 g/mol. The van der Waals surface area contributed by atoms with Gasteiger partial charge in [0.2, 0.25) is 5.91 Å². The molecule has 0 aromatic heterocycles. The Bertz CT molecular complexity index is 842. The van der Waals surface area contributed by atoms with Crippen LogP contribution in [0.4, 0.5) is 11.4 Å². The molecule has 3 N–H and O–H groups in total. The third-order valence-corrected chi connectivity index (χ3v) is 3.84. The van der Waals surface area contributed by atoms with Crippen molar-refractivity contribution in [1.29, 1.82) is 0 Å². The lowest BCUT2D eigenvalue weighted by Crippen LogP contribution is -2.34. The summed E-state index contributed by atoms with van der Waals surface area (Å²) in [4.78, 5) is 24.3. The number of rotatable bonds is 4. The number of carbonyl (C=O) groups excluding carboxylic acids is 2. The topological polar surface area (TPSA) is 79.5 Å². The van der Waals surface area contributed by atoms with Crippen molar-refractivity contribution < 1.29 is 14.3 Å². The number of thiocarbonyl (C=S) groups is 1. The van der Waals surface area contributed by atoms with Crippen LogP contribution in [0.25, 0.3) is 0 Å². The smallest absolute Gasteiger partial charge is 0.257 e. The fourth-order valence-electron chi connectivity index (χ4n) is 2.07. The highest BCUT2D eigenvalue weighted by molar-refractivity contribution is 7.80. The number of hydrogen-bond donors (Lipinski definition) is 3. The lowest BCUT2D eigenvalue weighted by Gasteiger charge is -2.18. The predicted molar refractivity (Wildman–Crippen MR) is 111 cm³/mol. The summed E-state index contributed by atoms with van der Waals surface area (Å²) in [6.45, 7) is 5.52. The van der Waals surface area contributed by atoms with Gasteiger partial charge in [-0.2, -0.15) is 0 Å². The van der Waals surface area contributed by atoms with Gasteiger partial charge in [-0.15, -0.1) is 0 Å². The van der Waals surface area contributed by atoms with Gasteiger partial charge in [0.05, 0.1) is 7.11 Å². The van der Waals surface area contributed by atoms with Crippen LogP contribution in [0.1, 0.15) is 31.1 Å². The van der Waals surface area contributed by atoms with Gasteiger partial charge < -0.3 is 15.4 Å². The van der Waals surface area contributed by atoms with E-state index in [2.05, 4.69) is 16.0 Å². The standard InChI is InChI=1S/C20H23N3O3S/c1-20(2,3)18(25)21-14-6-5-7-15(12-14)22-19(27)23-17(24)13-8-10-16(26-4)11-9-13/h5-12H,1-4H3,(H,21,25)(H2,22,23,24,27). The van der Waals surface area contributed by atoms with E-state index < -0.39 is 5.41 Å². The van der Waals surface area contributed by atoms with Crippen molar-refractivity contribution in [3.05, 3.63) is 54.1 Å². The summed E-state index contributed by atoms with van der Waals surface area (Å²) in [5, 5.41) is 8.57. The largest absolute Gasteiger partial charge is 0.497 e. The molecule has 0 unspecified atom stereocenters. The Kier molecular flexibility index (Phi) is 6.52. The van der Waals surface area contributed by atoms with Crippen LogP contribution in [-0.2, 0) is 4.79 Å². The van der Waals surface area contributed by atoms with Crippen LogP contribution in [0.15, 0.2) is 48.5 Å². The molecular weight excluding hydrogens is 362 g/mol. The monoisotopic (exact) mass is 385 g/mol. The summed E-state index contributed by atoms with van der Waals surface area (Å²) in [5.41, 5.74) is 1.27. The zero-order valence-corrected chi connectivity index (χ0v) is 16.6. The summed E-state index contributed by atoms with van der Waals surface area (Å²) in [7, 11) is 1.56. The fraction of sp³-hybridized carbons (Fsp3) is 0.250. The van der Waals surface area contributed by atoms with Gasteiger partial charge in [0.1, 0.15) is 5.75 Å². The maximum absolute atomic E-state index is 12.2. The van der Waals surface area contributed by atoms with Crippen LogP contribution in [-0.4, -0.2) is 24.0 Å². The Morgan fingerprint density at radius 2 is 1.56 bits per heavy atom. The molecule has 0 aliphatic rings. The molecule has 2 aromatic rings. The molecule has 0 spiro atoms. The number of benzene rings is 2. The first-order chi connectivity index (χ1) is 12.7. The average Bonchev–Trinajstić information content (AvgIpc) is 2.61. The van der Waals surface area contributed by atoms with Crippen molar-refractivity contribution >= 4 is 40.5 Å². The molecule has 0 aliphatic heterocycles. The molecule has 6 nitrogen and oxygen atoms in total. The third kappa shape index (κ3) is 6.07. The van der Waals surface area contributed by atoms with Crippen molar-refractivity contribution in [2.24, 2.45) is 5.41 Å². The lowest BCUT2D eigenvalue weighted by atomic mass is 9.95. The molecular formula is C20H23N3O3S. The van der Waals surface area contributed by atoms with Crippen LogP contribution >= 0.6 is 12.2 Å². The molecule has 0 bridgehead atoms. The first kappa shape index (κ1) is 20.4. The quantitative estimate of drug-likeness (QED) is 0.698. The molecule has 0 fully saturated rings. The number of ether oxygens (including phenoxy) is 1. The van der Waals surface area contributed by atoms with Crippen molar-refractivity contribution in [2.75, 3.05) is 17.7 Å². The van der Waals surface area contributed by atoms with Crippen LogP contribution in [0.2, 0.25) is 0 Å². The van der Waals surface area contributed by atoms with Crippen LogP contribution in [0.3, 0.4) is 0 Å². The SMILES string of the molecule is COc1ccc(C(=O)NC(=S)Nc2cccc(NC(=O)C(C)(C)C)c2)cc1. The lowest BCUT2D eigenvalue weighted by molar-refractivity contribution is -0.123. The molecule has 2 aromatic carbocycles. The van der Waals surface area contributed by atoms with Gasteiger partial charge in [-0.1, -0.05) is 26.8 Å². The van der Waals surface area contributed by atoms with Gasteiger partial charge in [0, 0.05) is 22.4 Å². The number of carbonyl (C=O) groups is 2. The molecule has 2 amide bonds. The molecule has 0 atom stereocenters. The Hall–Kier alpha value is -2.93. The summed E-state index contributed by atoms with van der Waals surface area (Å²) >= 11 is 5.20. The highest BCUT2D eigenvalue weighted by Crippen LogP contribution is 2.20. The van der Waals surface area contributed by atoms with Gasteiger partial charge in [-0.05, 0) is 54.7 Å². The molecule has 0 saturated heterocycles. The van der Waals surface area contributed by atoms with Gasteiger partial charge in [0.15, 0.2) is 5.11 Å². The molecule has 7 heteroatoms. The maximum Gasteiger partial charge on any atom is 0.257 e. The van der Waals surface area contributed by atoms with E-state index in [-0.39, 0.29) is 16.9 Å². The highest BCUT2D eigenvalue weighted by Gasteiger charge is 2.21. The first-order valence-corrected chi connectivity index (χ1v) is 8.78. The number of methoxy groups -OCH3 is 1. The molecule has 0 radical (unpaired) electrons. The second-order valence-corrected chi connectivity index (χ2v) is 7.33. The summed E-state index contributed by atoms with van der Waals surface area (Å²) in [6, 6.07) is 13.8. The van der Waals surface area contributed by atoms with Crippen molar-refractivity contribution in [2.45, 2.75) is 20.8 Å². The normalized spacial score (nSPS) is 10.7. The minimum atomic E-state index is -0.495. The summed E-state index contributed by atoms with van der Waals surface area (Å²) < 4.78 is 5.07. The maximum atomic E-state index is 12.2. The molecule has 2 rings (SSSR count). The van der Waals surface area contributed by atoms with Gasteiger partial charge >= 0.3 is 0 Å². The van der Waals surface area contributed by atoms with Crippen molar-refractivity contribution in [3.63, 3.8) is 0 Å². The summed E-state index contributed by atoms with van der Waals surface area (Å²) in [5.74, 6) is 0.253. The minimum Gasteiger partial charge on any atom is -0.497 e. The minimum absolute atomic E-state index is 0.0879. The van der Waals surface area contributed by atoms with E-state index in [1.54, 1.807) is 55.6 Å². The third-order valence-electron chi connectivity index (χ3n) is 3.64. The fourth-order valence-corrected chi connectivity index (χ4v) is 2.28. The number of hydrogen-bond acceptors (Lipinski definition) is 4. The van der Waals surface area contributed by atoms with E-state index in [4.69, 9.17) is 17.0 Å². The Balaban J connectivity index is 1.97. The number of anilines is 2. The van der Waals surface area contributed by atoms with Gasteiger partial charge in [-0.25, -0.2) is 0 Å². The summed E-state index contributed by atoms with van der Waals surface area (Å²) in [6.07, 6.45) is 0. The van der Waals surface area contributed by atoms with E-state index in [0.29, 0.717) is 22.7 Å². The van der Waals surface area contributed by atoms with Crippen LogP contribution < -0.4 is 20.7 Å². The second kappa shape index (κ2) is 8.64. The molecule has 0 saturated carbocycles. The zero-order chi connectivity index (χ0) is 20.0. The van der Waals surface area contributed by atoms with Gasteiger partial charge in [-0.3, -0.25) is 14.9 Å². The Morgan fingerprint density at radius 1 is 0.963 bits per heavy atom. The van der Waals surface area contributed by atoms with E-state index in [1.165, 1.54) is 0 Å². The van der Waals surface area contributed by atoms with Crippen molar-refractivity contribution in [1.82, 2.24) is 5.32 Å². The molecule has 27 heavy (non-hydrogen) atoms. The van der Waals surface area contributed by atoms with Crippen molar-refractivity contribution in [3.8, 4) is 5.75 Å². The van der Waals surface area contributed by atoms with Crippen LogP contribution in [0.5, 0.6) is 5.75 Å². The van der Waals surface area contributed by atoms with Crippen LogP contribution in [0, 0.1) is 5.41 Å². The number of amides is 2. The van der Waals surface area contributed by atoms with Gasteiger partial charge in [0.25, 0.3) is 5.91 Å². The molecule has 142 valence electrons. The van der Waals surface area contributed by atoms with E-state index in [0.717, 1.165) is 0 Å². The van der Waals surface area contributed by atoms with E-state index >= 15 is 0 Å².